The van der Waals surface area contributed by atoms with Crippen LogP contribution >= 0.6 is 24.0 Å². The van der Waals surface area contributed by atoms with E-state index in [4.69, 9.17) is 9.47 Å². The molecule has 0 bridgehead atoms. The summed E-state index contributed by atoms with van der Waals surface area (Å²) >= 11 is 0. The third-order valence-corrected chi connectivity index (χ3v) is 3.81. The van der Waals surface area contributed by atoms with Crippen LogP contribution in [-0.4, -0.2) is 36.0 Å². The van der Waals surface area contributed by atoms with E-state index in [1.807, 2.05) is 0 Å². The lowest BCUT2D eigenvalue weighted by atomic mass is 10.1. The molecule has 160 valence electrons. The van der Waals surface area contributed by atoms with E-state index < -0.39 is 13.2 Å². The molecule has 1 aromatic heterocycles. The van der Waals surface area contributed by atoms with Gasteiger partial charge in [-0.3, -0.25) is 9.56 Å². The highest BCUT2D eigenvalue weighted by atomic mass is 127. The lowest BCUT2D eigenvalue weighted by molar-refractivity contribution is -0.0505. The molecule has 29 heavy (non-hydrogen) atoms. The number of alkyl halides is 4. The van der Waals surface area contributed by atoms with Gasteiger partial charge >= 0.3 is 13.2 Å². The zero-order valence-corrected chi connectivity index (χ0v) is 17.4. The summed E-state index contributed by atoms with van der Waals surface area (Å²) in [5, 5.41) is 5.72. The van der Waals surface area contributed by atoms with E-state index in [1.165, 1.54) is 31.6 Å². The fourth-order valence-corrected chi connectivity index (χ4v) is 2.53. The smallest absolute Gasteiger partial charge is 0.387 e. The van der Waals surface area contributed by atoms with Crippen molar-refractivity contribution >= 4 is 29.9 Å². The van der Waals surface area contributed by atoms with Crippen LogP contribution in [0.15, 0.2) is 29.5 Å². The number of imidazole rings is 1. The molecule has 13 heteroatoms. The molecular weight excluding hydrogens is 513 g/mol. The van der Waals surface area contributed by atoms with Crippen molar-refractivity contribution in [2.75, 3.05) is 13.8 Å². The van der Waals surface area contributed by atoms with Gasteiger partial charge in [-0.2, -0.15) is 17.6 Å². The summed E-state index contributed by atoms with van der Waals surface area (Å²) in [4.78, 5) is 7.82. The number of guanidine groups is 1. The van der Waals surface area contributed by atoms with E-state index in [-0.39, 0.29) is 61.4 Å². The molecule has 0 saturated heterocycles. The minimum Gasteiger partial charge on any atom is -0.454 e. The van der Waals surface area contributed by atoms with Crippen molar-refractivity contribution in [2.45, 2.75) is 26.3 Å². The van der Waals surface area contributed by atoms with E-state index in [1.54, 1.807) is 0 Å². The maximum Gasteiger partial charge on any atom is 0.387 e. The van der Waals surface area contributed by atoms with Gasteiger partial charge in [0, 0.05) is 37.6 Å². The summed E-state index contributed by atoms with van der Waals surface area (Å²) < 4.78 is 66.7. The number of halogens is 5. The Balaban J connectivity index is 0.00000300. The summed E-state index contributed by atoms with van der Waals surface area (Å²) in [5.74, 6) is 1.00. The number of nitrogens with zero attached hydrogens (tertiary/aromatic N) is 3. The molecule has 0 radical (unpaired) electrons. The molecule has 3 rings (SSSR count). The molecule has 1 aliphatic heterocycles. The van der Waals surface area contributed by atoms with Crippen molar-refractivity contribution in [3.05, 3.63) is 35.9 Å². The van der Waals surface area contributed by atoms with Crippen molar-refractivity contribution in [1.82, 2.24) is 20.2 Å². The Morgan fingerprint density at radius 2 is 1.90 bits per heavy atom. The normalized spacial score (nSPS) is 12.9. The predicted molar refractivity (Wildman–Crippen MR) is 105 cm³/mol. The van der Waals surface area contributed by atoms with Gasteiger partial charge in [0.15, 0.2) is 17.5 Å². The van der Waals surface area contributed by atoms with Gasteiger partial charge in [-0.1, -0.05) is 0 Å². The third-order valence-electron chi connectivity index (χ3n) is 3.81. The lowest BCUT2D eigenvalue weighted by Crippen LogP contribution is -2.37. The number of fused-ring (bicyclic) bond motifs is 1. The minimum absolute atomic E-state index is 0. The first-order chi connectivity index (χ1) is 13.5. The summed E-state index contributed by atoms with van der Waals surface area (Å²) in [6.45, 7) is -5.69. The second-order valence-corrected chi connectivity index (χ2v) is 5.50. The second-order valence-electron chi connectivity index (χ2n) is 5.50. The molecule has 0 aliphatic carbocycles. The SMILES string of the molecule is CN=C(NCc1cc2c(cc1OC(F)F)OCO2)NCc1nccn1C(F)F.I. The van der Waals surface area contributed by atoms with Crippen LogP contribution in [0.1, 0.15) is 17.9 Å². The van der Waals surface area contributed by atoms with Gasteiger partial charge in [0.1, 0.15) is 11.6 Å². The highest BCUT2D eigenvalue weighted by molar-refractivity contribution is 14.0. The van der Waals surface area contributed by atoms with Crippen LogP contribution in [0, 0.1) is 0 Å². The second kappa shape index (κ2) is 10.4. The molecule has 0 saturated carbocycles. The number of hydrogen-bond donors (Lipinski definition) is 2. The van der Waals surface area contributed by atoms with Crippen molar-refractivity contribution in [3.63, 3.8) is 0 Å². The predicted octanol–water partition coefficient (Wildman–Crippen LogP) is 3.09. The third kappa shape index (κ3) is 5.77. The highest BCUT2D eigenvalue weighted by Crippen LogP contribution is 2.38. The van der Waals surface area contributed by atoms with Gasteiger partial charge < -0.3 is 24.8 Å². The van der Waals surface area contributed by atoms with Crippen LogP contribution in [-0.2, 0) is 13.1 Å². The minimum atomic E-state index is -3.01. The molecule has 0 unspecified atom stereocenters. The fourth-order valence-electron chi connectivity index (χ4n) is 2.53. The first-order valence-electron chi connectivity index (χ1n) is 8.09. The number of rotatable bonds is 7. The van der Waals surface area contributed by atoms with Crippen molar-refractivity contribution in [2.24, 2.45) is 4.99 Å². The standard InChI is InChI=1S/C16H17F4N5O3.HI/c1-21-16(24-7-13-22-2-3-25(13)14(17)18)23-6-9-4-11-12(27-8-26-11)5-10(9)28-15(19)20;/h2-5,14-15H,6-8H2,1H3,(H2,21,23,24);1H. The molecule has 0 spiro atoms. The molecule has 1 aliphatic rings. The molecule has 0 amide bonds. The van der Waals surface area contributed by atoms with Gasteiger partial charge in [-0.25, -0.2) is 4.98 Å². The highest BCUT2D eigenvalue weighted by Gasteiger charge is 2.20. The fraction of sp³-hybridized carbons (Fsp3) is 0.375. The summed E-state index contributed by atoms with van der Waals surface area (Å²) in [5.41, 5.74) is 0.376. The summed E-state index contributed by atoms with van der Waals surface area (Å²) in [6.07, 6.45) is 2.43. The van der Waals surface area contributed by atoms with Crippen LogP contribution in [0.2, 0.25) is 0 Å². The Morgan fingerprint density at radius 1 is 1.21 bits per heavy atom. The van der Waals surface area contributed by atoms with Gasteiger partial charge in [-0.05, 0) is 6.07 Å². The van der Waals surface area contributed by atoms with E-state index in [2.05, 4.69) is 25.3 Å². The van der Waals surface area contributed by atoms with Crippen LogP contribution in [0.25, 0.3) is 0 Å². The van der Waals surface area contributed by atoms with E-state index in [0.717, 1.165) is 0 Å². The topological polar surface area (TPSA) is 81.9 Å². The monoisotopic (exact) mass is 531 g/mol. The van der Waals surface area contributed by atoms with Crippen LogP contribution in [0.3, 0.4) is 0 Å². The Kier molecular flexibility index (Phi) is 8.16. The zero-order valence-electron chi connectivity index (χ0n) is 15.1. The lowest BCUT2D eigenvalue weighted by Gasteiger charge is -2.15. The quantitative estimate of drug-likeness (QED) is 0.248. The van der Waals surface area contributed by atoms with Gasteiger partial charge in [0.25, 0.3) is 0 Å². The Labute approximate surface area is 180 Å². The molecule has 2 N–H and O–H groups in total. The Morgan fingerprint density at radius 3 is 2.55 bits per heavy atom. The number of ether oxygens (including phenoxy) is 3. The molecule has 0 fully saturated rings. The Hall–Kier alpha value is -2.45. The maximum absolute atomic E-state index is 12.8. The molecule has 1 aromatic carbocycles. The van der Waals surface area contributed by atoms with Crippen LogP contribution in [0.5, 0.6) is 17.2 Å². The van der Waals surface area contributed by atoms with Gasteiger partial charge in [0.2, 0.25) is 6.79 Å². The zero-order chi connectivity index (χ0) is 20.1. The first kappa shape index (κ1) is 22.8. The van der Waals surface area contributed by atoms with Gasteiger partial charge in [0.05, 0.1) is 6.54 Å². The van der Waals surface area contributed by atoms with Crippen LogP contribution in [0.4, 0.5) is 17.6 Å². The van der Waals surface area contributed by atoms with Crippen molar-refractivity contribution in [3.8, 4) is 17.2 Å². The summed E-state index contributed by atoms with van der Waals surface area (Å²) in [7, 11) is 1.48. The number of aliphatic imine (C=N–C) groups is 1. The van der Waals surface area contributed by atoms with E-state index in [9.17, 15) is 17.6 Å². The number of nitrogens with one attached hydrogen (secondary N) is 2. The molecule has 8 nitrogen and oxygen atoms in total. The largest absolute Gasteiger partial charge is 0.454 e. The van der Waals surface area contributed by atoms with Crippen molar-refractivity contribution < 1.29 is 31.8 Å². The maximum atomic E-state index is 12.8. The van der Waals surface area contributed by atoms with E-state index in [0.29, 0.717) is 21.6 Å². The van der Waals surface area contributed by atoms with Crippen LogP contribution < -0.4 is 24.8 Å². The average molecular weight is 531 g/mol. The number of hydrogen-bond acceptors (Lipinski definition) is 5. The molecule has 2 heterocycles. The molecular formula is C16H18F4IN5O3. The molecule has 2 aromatic rings. The van der Waals surface area contributed by atoms with Crippen molar-refractivity contribution in [1.29, 1.82) is 0 Å². The Bertz CT molecular complexity index is 850. The number of benzene rings is 1. The summed E-state index contributed by atoms with van der Waals surface area (Å²) in [6, 6.07) is 2.84. The van der Waals surface area contributed by atoms with E-state index >= 15 is 0 Å². The van der Waals surface area contributed by atoms with Gasteiger partial charge in [-0.15, -0.1) is 24.0 Å². The molecule has 0 atom stereocenters. The first-order valence-corrected chi connectivity index (χ1v) is 8.09. The number of aromatic nitrogens is 2. The average Bonchev–Trinajstić information content (AvgIpc) is 3.30.